The van der Waals surface area contributed by atoms with Crippen LogP contribution in [0.1, 0.15) is 65.7 Å². The molecule has 0 aromatic heterocycles. The Morgan fingerprint density at radius 1 is 0.667 bits per heavy atom. The summed E-state index contributed by atoms with van der Waals surface area (Å²) in [5.41, 5.74) is 0. The first kappa shape index (κ1) is 25.5. The van der Waals surface area contributed by atoms with Crippen LogP contribution < -0.4 is 0 Å². The molecular weight excluding hydrogens is 348 g/mol. The summed E-state index contributed by atoms with van der Waals surface area (Å²) >= 11 is 1.73. The third-order valence-corrected chi connectivity index (χ3v) is 5.03. The molecule has 1 unspecified atom stereocenters. The van der Waals surface area contributed by atoms with Crippen molar-refractivity contribution in [1.82, 2.24) is 0 Å². The van der Waals surface area contributed by atoms with E-state index in [1.807, 2.05) is 0 Å². The van der Waals surface area contributed by atoms with E-state index in [9.17, 15) is 4.79 Å². The van der Waals surface area contributed by atoms with E-state index < -0.39 is 0 Å². The summed E-state index contributed by atoms with van der Waals surface area (Å²) in [6.07, 6.45) is 33.3. The zero-order valence-electron chi connectivity index (χ0n) is 17.5. The molecule has 0 aliphatic carbocycles. The molecule has 0 heterocycles. The van der Waals surface area contributed by atoms with Crippen molar-refractivity contribution in [3.63, 3.8) is 0 Å². The van der Waals surface area contributed by atoms with Crippen molar-refractivity contribution in [1.29, 1.82) is 0 Å². The largest absolute Gasteiger partial charge is 0.299 e. The van der Waals surface area contributed by atoms with Crippen molar-refractivity contribution in [3.05, 3.63) is 72.9 Å². The van der Waals surface area contributed by atoms with Crippen LogP contribution in [-0.4, -0.2) is 16.8 Å². The summed E-state index contributed by atoms with van der Waals surface area (Å²) in [6, 6.07) is 0. The zero-order valence-corrected chi connectivity index (χ0v) is 18.3. The number of rotatable bonds is 16. The first-order valence-electron chi connectivity index (χ1n) is 10.2. The molecule has 0 saturated carbocycles. The number of allylic oxidation sites excluding steroid dienone is 12. The minimum atomic E-state index is 0.125. The summed E-state index contributed by atoms with van der Waals surface area (Å²) in [4.78, 5) is 11.5. The predicted octanol–water partition coefficient (Wildman–Crippen LogP) is 7.78. The van der Waals surface area contributed by atoms with Gasteiger partial charge in [0.2, 0.25) is 0 Å². The molecule has 0 aliphatic heterocycles. The molecule has 0 bridgehead atoms. The van der Waals surface area contributed by atoms with E-state index in [1.165, 1.54) is 0 Å². The van der Waals surface area contributed by atoms with Gasteiger partial charge in [0.1, 0.15) is 5.78 Å². The van der Waals surface area contributed by atoms with E-state index in [-0.39, 0.29) is 11.0 Å². The number of Topliss-reactive ketones (excluding diaryl/α,β-unsaturated/α-hetero) is 1. The lowest BCUT2D eigenvalue weighted by molar-refractivity contribution is -0.116. The lowest BCUT2D eigenvalue weighted by Gasteiger charge is -2.08. The molecule has 0 aromatic carbocycles. The molecule has 2 heteroatoms. The number of carbonyl (C=O) groups excluding carboxylic acids is 1. The summed E-state index contributed by atoms with van der Waals surface area (Å²) in [6.45, 7) is 5.94. The molecule has 0 fully saturated rings. The van der Waals surface area contributed by atoms with E-state index in [0.717, 1.165) is 50.7 Å². The molecule has 27 heavy (non-hydrogen) atoms. The Balaban J connectivity index is 3.70. The van der Waals surface area contributed by atoms with Gasteiger partial charge < -0.3 is 0 Å². The van der Waals surface area contributed by atoms with Crippen molar-refractivity contribution in [2.45, 2.75) is 71.0 Å². The van der Waals surface area contributed by atoms with Crippen LogP contribution in [0.3, 0.4) is 0 Å². The standard InChI is InChI=1S/C25H38OS/c1-4-6-7-8-9-10-11-12-13-14-15-16-17-18-19-20-21-22-23-25(24(3)26)27-5-2/h6-7,9-10,12-13,15-16,18-19,21-22,25H,4-5,8,11,14,17,20,23H2,1-3H3/b7-6-,10-9-,13-12-,16-15-,19-18-,22-21-. The first-order valence-corrected chi connectivity index (χ1v) is 11.3. The van der Waals surface area contributed by atoms with Gasteiger partial charge in [0.25, 0.3) is 0 Å². The molecule has 0 amide bonds. The number of carbonyl (C=O) groups is 1. The van der Waals surface area contributed by atoms with E-state index >= 15 is 0 Å². The Kier molecular flexibility index (Phi) is 19.6. The second-order valence-corrected chi connectivity index (χ2v) is 7.69. The van der Waals surface area contributed by atoms with Gasteiger partial charge in [-0.1, -0.05) is 86.8 Å². The van der Waals surface area contributed by atoms with E-state index in [2.05, 4.69) is 86.8 Å². The molecule has 1 atom stereocenters. The van der Waals surface area contributed by atoms with Crippen LogP contribution in [-0.2, 0) is 4.79 Å². The highest BCUT2D eigenvalue weighted by molar-refractivity contribution is 8.00. The predicted molar refractivity (Wildman–Crippen MR) is 125 cm³/mol. The fourth-order valence-electron chi connectivity index (χ4n) is 2.29. The maximum absolute atomic E-state index is 11.5. The average Bonchev–Trinajstić information content (AvgIpc) is 2.66. The van der Waals surface area contributed by atoms with Crippen molar-refractivity contribution >= 4 is 17.5 Å². The van der Waals surface area contributed by atoms with Crippen molar-refractivity contribution < 1.29 is 4.79 Å². The minimum Gasteiger partial charge on any atom is -0.299 e. The molecule has 0 radical (unpaired) electrons. The third kappa shape index (κ3) is 19.0. The summed E-state index contributed by atoms with van der Waals surface area (Å²) in [7, 11) is 0. The van der Waals surface area contributed by atoms with Gasteiger partial charge >= 0.3 is 0 Å². The van der Waals surface area contributed by atoms with Crippen LogP contribution in [0.2, 0.25) is 0 Å². The fraction of sp³-hybridized carbons (Fsp3) is 0.480. The molecule has 0 aromatic rings. The lowest BCUT2D eigenvalue weighted by atomic mass is 10.2. The smallest absolute Gasteiger partial charge is 0.143 e. The number of hydrogen-bond donors (Lipinski definition) is 0. The monoisotopic (exact) mass is 386 g/mol. The van der Waals surface area contributed by atoms with Gasteiger partial charge in [0.15, 0.2) is 0 Å². The number of hydrogen-bond acceptors (Lipinski definition) is 2. The zero-order chi connectivity index (χ0) is 20.0. The van der Waals surface area contributed by atoms with E-state index in [1.54, 1.807) is 18.7 Å². The summed E-state index contributed by atoms with van der Waals surface area (Å²) < 4.78 is 0. The summed E-state index contributed by atoms with van der Waals surface area (Å²) in [5, 5.41) is 0.125. The van der Waals surface area contributed by atoms with Gasteiger partial charge in [0.05, 0.1) is 5.25 Å². The SMILES string of the molecule is CC/C=C\C/C=C\C/C=C\C/C=C\C/C=C\C/C=C\CC(SCC)C(C)=O. The second-order valence-electron chi connectivity index (χ2n) is 6.21. The van der Waals surface area contributed by atoms with Gasteiger partial charge in [-0.05, 0) is 57.6 Å². The Morgan fingerprint density at radius 2 is 1.04 bits per heavy atom. The van der Waals surface area contributed by atoms with Crippen molar-refractivity contribution in [2.75, 3.05) is 5.75 Å². The molecule has 0 rings (SSSR count). The van der Waals surface area contributed by atoms with Crippen LogP contribution in [0.15, 0.2) is 72.9 Å². The average molecular weight is 387 g/mol. The Labute approximate surface area is 172 Å². The Bertz CT molecular complexity index is 520. The van der Waals surface area contributed by atoms with Crippen LogP contribution >= 0.6 is 11.8 Å². The molecule has 0 aliphatic rings. The lowest BCUT2D eigenvalue weighted by Crippen LogP contribution is -2.12. The third-order valence-electron chi connectivity index (χ3n) is 3.77. The second kappa shape index (κ2) is 20.8. The Morgan fingerprint density at radius 3 is 1.37 bits per heavy atom. The summed E-state index contributed by atoms with van der Waals surface area (Å²) in [5.74, 6) is 1.27. The van der Waals surface area contributed by atoms with Gasteiger partial charge in [-0.2, -0.15) is 11.8 Å². The van der Waals surface area contributed by atoms with Crippen molar-refractivity contribution in [3.8, 4) is 0 Å². The van der Waals surface area contributed by atoms with Crippen molar-refractivity contribution in [2.24, 2.45) is 0 Å². The van der Waals surface area contributed by atoms with Gasteiger partial charge in [0, 0.05) is 0 Å². The molecule has 0 spiro atoms. The van der Waals surface area contributed by atoms with Gasteiger partial charge in [-0.3, -0.25) is 4.79 Å². The quantitative estimate of drug-likeness (QED) is 0.252. The number of ketones is 1. The van der Waals surface area contributed by atoms with E-state index in [0.29, 0.717) is 0 Å². The topological polar surface area (TPSA) is 17.1 Å². The highest BCUT2D eigenvalue weighted by Crippen LogP contribution is 2.15. The van der Waals surface area contributed by atoms with Gasteiger partial charge in [-0.15, -0.1) is 0 Å². The highest BCUT2D eigenvalue weighted by atomic mass is 32.2. The van der Waals surface area contributed by atoms with Crippen LogP contribution in [0.25, 0.3) is 0 Å². The maximum Gasteiger partial charge on any atom is 0.143 e. The van der Waals surface area contributed by atoms with Gasteiger partial charge in [-0.25, -0.2) is 0 Å². The minimum absolute atomic E-state index is 0.125. The van der Waals surface area contributed by atoms with Crippen LogP contribution in [0, 0.1) is 0 Å². The molecule has 1 nitrogen and oxygen atoms in total. The fourth-order valence-corrected chi connectivity index (χ4v) is 3.18. The first-order chi connectivity index (χ1) is 13.2. The maximum atomic E-state index is 11.5. The molecule has 0 saturated heterocycles. The molecule has 150 valence electrons. The Hall–Kier alpha value is -1.54. The molecule has 0 N–H and O–H groups in total. The van der Waals surface area contributed by atoms with Crippen LogP contribution in [0.4, 0.5) is 0 Å². The highest BCUT2D eigenvalue weighted by Gasteiger charge is 2.10. The normalized spacial score (nSPS) is 14.2. The number of thioether (sulfide) groups is 1. The molecular formula is C25H38OS. The van der Waals surface area contributed by atoms with Crippen LogP contribution in [0.5, 0.6) is 0 Å². The van der Waals surface area contributed by atoms with E-state index in [4.69, 9.17) is 0 Å².